The van der Waals surface area contributed by atoms with Crippen molar-refractivity contribution < 1.29 is 47.8 Å². The lowest BCUT2D eigenvalue weighted by molar-refractivity contribution is 0.0943. The molecule has 27 nitrogen and oxygen atoms in total. The van der Waals surface area contributed by atoms with Crippen LogP contribution < -0.4 is 58.1 Å². The van der Waals surface area contributed by atoms with Gasteiger partial charge in [-0.25, -0.2) is 20.4 Å². The standard InChI is InChI=1S/C43H47N5O4.C30H38N6O3.C23H26N6O3.H2S/c1-47-27-34(25-45-47)43-26-44-41-17-12-35(23-42(41)46-43)48(36-21-39(51-4)24-40(22-36)52-5)28-33-20-31(18-29-7-13-37(49-2)14-8-29)6-11-32(33)19-30-9-15-38(50-3)16-10-30;1-21(2)36-19-22(17-32-36)30-18-31-28-9-8-23(15-29(28)33-30)35(12-6-11-34-10-5-7-24(34)20-37)25-13-26(38-3)16-27(14-25)39-4;1-28-15-16(13-25-28)23-14-24-21-6-5-17(11-22(21)27-23)29(8-7-26-32-4)18-9-19(30-2)12-20(10-18)31-3;/h7-10,12-17,21-27,31-33H,6,11,18-20,28H2,1-5H3;8-9,13-19,21,24,37H,5-7,10-12,20H2,1-4H3;5-6,9-15,26H,7-8H2,1-4H3;1H2/t;24-;;/m.0../s1. The number of ether oxygens (including phenoxy) is 8. The van der Waals surface area contributed by atoms with Crippen molar-refractivity contribution in [1.29, 1.82) is 0 Å². The van der Waals surface area contributed by atoms with Gasteiger partial charge in [-0.1, -0.05) is 24.3 Å². The number of aliphatic hydroxyl groups is 1. The number of benzene rings is 8. The molecule has 2 aliphatic rings. The van der Waals surface area contributed by atoms with Crippen LogP contribution in [0.3, 0.4) is 0 Å². The number of aliphatic hydroxyl groups excluding tert-OH is 1. The third-order valence-electron chi connectivity index (χ3n) is 23.0. The number of likely N-dealkylation sites (tertiary alicyclic amines) is 1. The van der Waals surface area contributed by atoms with E-state index in [0.29, 0.717) is 42.3 Å². The van der Waals surface area contributed by atoms with Gasteiger partial charge in [0, 0.05) is 183 Å². The Labute approximate surface area is 732 Å². The highest BCUT2D eigenvalue weighted by Crippen LogP contribution is 2.44. The lowest BCUT2D eigenvalue weighted by Gasteiger charge is -2.40. The van der Waals surface area contributed by atoms with Crippen LogP contribution in [-0.2, 0) is 31.8 Å². The van der Waals surface area contributed by atoms with Crippen LogP contribution in [0.2, 0.25) is 0 Å². The molecule has 2 fully saturated rings. The number of hydrogen-bond acceptors (Lipinski definition) is 24. The Kier molecular flexibility index (Phi) is 30.5. The first-order chi connectivity index (χ1) is 60.0. The molecule has 6 aromatic heterocycles. The monoisotopic (exact) mass is 1700 g/mol. The summed E-state index contributed by atoms with van der Waals surface area (Å²) in [5.41, 5.74) is 21.6. The van der Waals surface area contributed by atoms with Crippen LogP contribution >= 0.6 is 13.5 Å². The van der Waals surface area contributed by atoms with E-state index in [2.05, 4.69) is 155 Å². The van der Waals surface area contributed by atoms with Gasteiger partial charge in [0.1, 0.15) is 46.0 Å². The molecule has 8 aromatic carbocycles. The molecule has 16 rings (SSSR count). The van der Waals surface area contributed by atoms with Crippen LogP contribution in [-0.4, -0.2) is 185 Å². The van der Waals surface area contributed by atoms with Gasteiger partial charge in [0.05, 0.1) is 158 Å². The quantitative estimate of drug-likeness (QED) is 0.0286. The van der Waals surface area contributed by atoms with E-state index in [1.54, 1.807) is 85.7 Å². The number of anilines is 6. The minimum atomic E-state index is 0. The molecule has 0 radical (unpaired) electrons. The molecule has 3 unspecified atom stereocenters. The van der Waals surface area contributed by atoms with Gasteiger partial charge in [-0.2, -0.15) is 28.8 Å². The van der Waals surface area contributed by atoms with E-state index in [9.17, 15) is 5.11 Å². The largest absolute Gasteiger partial charge is 0.497 e. The van der Waals surface area contributed by atoms with Crippen LogP contribution in [0.25, 0.3) is 66.9 Å². The molecule has 2 N–H and O–H groups in total. The highest BCUT2D eigenvalue weighted by Gasteiger charge is 2.34. The minimum absolute atomic E-state index is 0. The number of methoxy groups -OCH3 is 8. The Hall–Kier alpha value is -12.6. The van der Waals surface area contributed by atoms with Crippen molar-refractivity contribution >= 4 is 80.7 Å². The summed E-state index contributed by atoms with van der Waals surface area (Å²) < 4.78 is 50.0. The number of nitrogens with one attached hydrogen (secondary N) is 1. The van der Waals surface area contributed by atoms with Gasteiger partial charge in [-0.05, 0) is 180 Å². The van der Waals surface area contributed by atoms with Crippen LogP contribution in [0.1, 0.15) is 69.5 Å². The van der Waals surface area contributed by atoms with Gasteiger partial charge in [0.25, 0.3) is 0 Å². The predicted molar refractivity (Wildman–Crippen MR) is 494 cm³/mol. The fourth-order valence-corrected chi connectivity index (χ4v) is 16.4. The lowest BCUT2D eigenvalue weighted by atomic mass is 9.70. The number of fused-ring (bicyclic) bond motifs is 3. The summed E-state index contributed by atoms with van der Waals surface area (Å²) in [5.74, 6) is 7.62. The lowest BCUT2D eigenvalue weighted by Crippen LogP contribution is -2.36. The average molecular weight is 1700 g/mol. The third kappa shape index (κ3) is 22.2. The number of aromatic nitrogens is 12. The van der Waals surface area contributed by atoms with E-state index in [1.165, 1.54) is 17.5 Å². The van der Waals surface area contributed by atoms with Crippen LogP contribution in [0.4, 0.5) is 34.1 Å². The van der Waals surface area contributed by atoms with E-state index in [4.69, 9.17) is 62.7 Å². The molecular weight excluding hydrogens is 1580 g/mol. The molecule has 0 amide bonds. The van der Waals surface area contributed by atoms with Crippen LogP contribution in [0.15, 0.2) is 213 Å². The maximum absolute atomic E-state index is 9.75. The van der Waals surface area contributed by atoms with Gasteiger partial charge in [-0.3, -0.25) is 33.9 Å². The molecule has 0 bridgehead atoms. The van der Waals surface area contributed by atoms with Gasteiger partial charge >= 0.3 is 0 Å². The van der Waals surface area contributed by atoms with Gasteiger partial charge in [0.15, 0.2) is 0 Å². The molecular formula is C96H113N17O10S. The second-order valence-corrected chi connectivity index (χ2v) is 31.3. The zero-order valence-electron chi connectivity index (χ0n) is 73.0. The fraction of sp³-hybridized carbons (Fsp3) is 0.344. The number of nitrogens with zero attached hydrogens (tertiary/aromatic N) is 16. The highest BCUT2D eigenvalue weighted by atomic mass is 32.1. The van der Waals surface area contributed by atoms with Crippen molar-refractivity contribution in [2.75, 3.05) is 125 Å². The molecule has 4 atom stereocenters. The van der Waals surface area contributed by atoms with Crippen molar-refractivity contribution in [3.63, 3.8) is 0 Å². The van der Waals surface area contributed by atoms with Crippen molar-refractivity contribution in [3.8, 4) is 79.8 Å². The number of hydrogen-bond donors (Lipinski definition) is 2. The van der Waals surface area contributed by atoms with E-state index in [0.717, 1.165) is 207 Å². The number of hydroxylamine groups is 1. The van der Waals surface area contributed by atoms with Gasteiger partial charge in [-0.15, -0.1) is 0 Å². The predicted octanol–water partition coefficient (Wildman–Crippen LogP) is 17.2. The first-order valence-corrected chi connectivity index (χ1v) is 41.7. The van der Waals surface area contributed by atoms with Crippen LogP contribution in [0.5, 0.6) is 46.0 Å². The molecule has 0 spiro atoms. The first-order valence-electron chi connectivity index (χ1n) is 41.7. The summed E-state index contributed by atoms with van der Waals surface area (Å²) in [6.07, 6.45) is 25.4. The second-order valence-electron chi connectivity index (χ2n) is 31.3. The summed E-state index contributed by atoms with van der Waals surface area (Å²) in [7, 11) is 18.8. The molecule has 1 saturated carbocycles. The van der Waals surface area contributed by atoms with E-state index in [1.807, 2.05) is 129 Å². The number of rotatable bonds is 33. The van der Waals surface area contributed by atoms with Crippen molar-refractivity contribution in [1.82, 2.24) is 69.6 Å². The Morgan fingerprint density at radius 1 is 0.427 bits per heavy atom. The van der Waals surface area contributed by atoms with E-state index in [-0.39, 0.29) is 32.2 Å². The summed E-state index contributed by atoms with van der Waals surface area (Å²) in [6.45, 7) is 9.25. The second kappa shape index (κ2) is 42.5. The molecule has 7 heterocycles. The van der Waals surface area contributed by atoms with Crippen molar-refractivity contribution in [2.24, 2.45) is 31.8 Å². The number of aryl methyl sites for hydroxylation is 2. The van der Waals surface area contributed by atoms with E-state index < -0.39 is 0 Å². The summed E-state index contributed by atoms with van der Waals surface area (Å²) in [5, 5.41) is 22.8. The van der Waals surface area contributed by atoms with Crippen molar-refractivity contribution in [2.45, 2.75) is 77.3 Å². The van der Waals surface area contributed by atoms with E-state index >= 15 is 0 Å². The van der Waals surface area contributed by atoms with Gasteiger partial charge < -0.3 is 62.5 Å². The molecule has 1 aliphatic heterocycles. The molecule has 124 heavy (non-hydrogen) atoms. The first kappa shape index (κ1) is 89.2. The Morgan fingerprint density at radius 2 is 0.847 bits per heavy atom. The SMILES string of the molecule is CONCCN(c1cc(OC)cc(OC)c1)c1ccc2ncc(-c3cnn(C)c3)nc2c1.COc1cc(OC)cc(N(CCCN2CCC[C@H]2CO)c2ccc3ncc(-c4cnn(C(C)C)c4)nc3c2)c1.COc1ccc(CC2CCC(Cc3ccc(OC)cc3)C(CN(c3cc(OC)cc(OC)c3)c3ccc4ncc(-c5cnn(C)c5)nc4c3)C2)cc1.S. The fourth-order valence-electron chi connectivity index (χ4n) is 16.4. The van der Waals surface area contributed by atoms with Gasteiger partial charge in [0.2, 0.25) is 0 Å². The third-order valence-corrected chi connectivity index (χ3v) is 23.0. The smallest absolute Gasteiger partial charge is 0.124 e. The van der Waals surface area contributed by atoms with Crippen LogP contribution in [0, 0.1) is 17.8 Å². The summed E-state index contributed by atoms with van der Waals surface area (Å²) in [6, 6.07) is 54.1. The molecule has 14 aromatic rings. The topological polar surface area (TPSA) is 259 Å². The molecule has 648 valence electrons. The molecule has 1 aliphatic carbocycles. The molecule has 1 saturated heterocycles. The normalized spacial score (nSPS) is 15.0. The summed E-state index contributed by atoms with van der Waals surface area (Å²) >= 11 is 0. The Morgan fingerprint density at radius 3 is 1.26 bits per heavy atom. The zero-order valence-corrected chi connectivity index (χ0v) is 74.0. The Bertz CT molecular complexity index is 5750. The maximum atomic E-state index is 9.75. The average Bonchev–Trinajstić information content (AvgIpc) is 1.55. The maximum Gasteiger partial charge on any atom is 0.124 e. The Balaban J connectivity index is 0.000000164. The summed E-state index contributed by atoms with van der Waals surface area (Å²) in [4.78, 5) is 43.2. The highest BCUT2D eigenvalue weighted by molar-refractivity contribution is 7.59. The minimum Gasteiger partial charge on any atom is -0.497 e. The molecule has 28 heteroatoms. The zero-order chi connectivity index (χ0) is 85.9. The van der Waals surface area contributed by atoms with Crippen molar-refractivity contribution in [3.05, 3.63) is 225 Å².